The number of benzene rings is 1. The lowest BCUT2D eigenvalue weighted by atomic mass is 10.0. The molecule has 0 spiro atoms. The van der Waals surface area contributed by atoms with Gasteiger partial charge in [0, 0.05) is 5.92 Å². The van der Waals surface area contributed by atoms with E-state index in [0.29, 0.717) is 11.1 Å². The first-order valence-corrected chi connectivity index (χ1v) is 4.74. The lowest BCUT2D eigenvalue weighted by molar-refractivity contribution is 0.126. The number of halogens is 1. The van der Waals surface area contributed by atoms with E-state index in [4.69, 9.17) is 5.90 Å². The second-order valence-corrected chi connectivity index (χ2v) is 3.80. The van der Waals surface area contributed by atoms with E-state index < -0.39 is 0 Å². The summed E-state index contributed by atoms with van der Waals surface area (Å²) in [5.41, 5.74) is 1.08. The van der Waals surface area contributed by atoms with Crippen molar-refractivity contribution in [1.29, 1.82) is 0 Å². The molecule has 1 atom stereocenters. The Morgan fingerprint density at radius 3 is 2.85 bits per heavy atom. The van der Waals surface area contributed by atoms with Gasteiger partial charge in [-0.05, 0) is 33.6 Å². The fourth-order valence-electron chi connectivity index (χ4n) is 1.07. The van der Waals surface area contributed by atoms with Crippen LogP contribution in [-0.2, 0) is 4.84 Å². The van der Waals surface area contributed by atoms with E-state index in [1.54, 1.807) is 6.07 Å². The number of aromatic hydroxyl groups is 1. The molecule has 0 saturated heterocycles. The minimum Gasteiger partial charge on any atom is -0.507 e. The Bertz CT molecular complexity index is 291. The molecule has 4 heteroatoms. The zero-order valence-electron chi connectivity index (χ0n) is 7.33. The predicted molar refractivity (Wildman–Crippen MR) is 54.4 cm³/mol. The fourth-order valence-corrected chi connectivity index (χ4v) is 1.47. The van der Waals surface area contributed by atoms with Gasteiger partial charge in [0.05, 0.1) is 11.1 Å². The van der Waals surface area contributed by atoms with Crippen molar-refractivity contribution in [3.63, 3.8) is 0 Å². The van der Waals surface area contributed by atoms with Gasteiger partial charge in [-0.25, -0.2) is 5.90 Å². The molecule has 0 bridgehead atoms. The first kappa shape index (κ1) is 10.5. The van der Waals surface area contributed by atoms with Gasteiger partial charge in [0.1, 0.15) is 5.75 Å². The maximum absolute atomic E-state index is 9.25. The van der Waals surface area contributed by atoms with Crippen LogP contribution in [0.4, 0.5) is 0 Å². The number of hydrogen-bond acceptors (Lipinski definition) is 3. The smallest absolute Gasteiger partial charge is 0.129 e. The molecule has 3 N–H and O–H groups in total. The first-order valence-electron chi connectivity index (χ1n) is 3.95. The summed E-state index contributed by atoms with van der Waals surface area (Å²) in [4.78, 5) is 4.55. The molecule has 0 aromatic heterocycles. The minimum absolute atomic E-state index is 0.224. The Kier molecular flexibility index (Phi) is 3.71. The van der Waals surface area contributed by atoms with Crippen molar-refractivity contribution in [3.8, 4) is 5.75 Å². The zero-order valence-corrected chi connectivity index (χ0v) is 8.91. The van der Waals surface area contributed by atoms with Crippen LogP contribution < -0.4 is 5.90 Å². The molecule has 72 valence electrons. The molecule has 0 fully saturated rings. The molecule has 1 unspecified atom stereocenters. The summed E-state index contributed by atoms with van der Waals surface area (Å²) < 4.78 is 0.689. The van der Waals surface area contributed by atoms with Crippen molar-refractivity contribution in [3.05, 3.63) is 28.2 Å². The van der Waals surface area contributed by atoms with Gasteiger partial charge in [-0.15, -0.1) is 0 Å². The van der Waals surface area contributed by atoms with Crippen LogP contribution in [0.3, 0.4) is 0 Å². The van der Waals surface area contributed by atoms with E-state index in [2.05, 4.69) is 20.8 Å². The van der Waals surface area contributed by atoms with Gasteiger partial charge in [0.15, 0.2) is 0 Å². The molecule has 0 aliphatic carbocycles. The summed E-state index contributed by atoms with van der Waals surface area (Å²) in [5, 5.41) is 9.25. The SMILES string of the molecule is CC(CON)c1ccc(O)c(Br)c1. The van der Waals surface area contributed by atoms with Crippen LogP contribution in [0.5, 0.6) is 5.75 Å². The van der Waals surface area contributed by atoms with Crippen molar-refractivity contribution in [2.75, 3.05) is 6.61 Å². The summed E-state index contributed by atoms with van der Waals surface area (Å²) in [6.45, 7) is 2.48. The van der Waals surface area contributed by atoms with Gasteiger partial charge in [-0.2, -0.15) is 0 Å². The maximum atomic E-state index is 9.25. The highest BCUT2D eigenvalue weighted by Gasteiger charge is 2.07. The van der Waals surface area contributed by atoms with Crippen LogP contribution in [0.1, 0.15) is 18.4 Å². The molecule has 0 amide bonds. The zero-order chi connectivity index (χ0) is 9.84. The van der Waals surface area contributed by atoms with Crippen LogP contribution in [0.15, 0.2) is 22.7 Å². The van der Waals surface area contributed by atoms with E-state index in [1.807, 2.05) is 19.1 Å². The number of rotatable bonds is 3. The maximum Gasteiger partial charge on any atom is 0.129 e. The molecular formula is C9H12BrNO2. The third kappa shape index (κ3) is 2.69. The molecule has 0 saturated carbocycles. The Balaban J connectivity index is 2.84. The normalized spacial score (nSPS) is 12.8. The molecule has 3 nitrogen and oxygen atoms in total. The second-order valence-electron chi connectivity index (χ2n) is 2.95. The lowest BCUT2D eigenvalue weighted by Gasteiger charge is -2.10. The highest BCUT2D eigenvalue weighted by molar-refractivity contribution is 9.10. The quantitative estimate of drug-likeness (QED) is 0.803. The van der Waals surface area contributed by atoms with Crippen molar-refractivity contribution in [2.45, 2.75) is 12.8 Å². The Labute approximate surface area is 85.6 Å². The molecule has 0 aliphatic heterocycles. The van der Waals surface area contributed by atoms with E-state index in [1.165, 1.54) is 0 Å². The molecule has 0 heterocycles. The highest BCUT2D eigenvalue weighted by Crippen LogP contribution is 2.27. The third-order valence-corrected chi connectivity index (χ3v) is 2.52. The fraction of sp³-hybridized carbons (Fsp3) is 0.333. The highest BCUT2D eigenvalue weighted by atomic mass is 79.9. The first-order chi connectivity index (χ1) is 6.15. The predicted octanol–water partition coefficient (Wildman–Crippen LogP) is 2.15. The summed E-state index contributed by atoms with van der Waals surface area (Å²) in [6.07, 6.45) is 0. The second kappa shape index (κ2) is 4.60. The minimum atomic E-state index is 0.224. The van der Waals surface area contributed by atoms with Crippen molar-refractivity contribution >= 4 is 15.9 Å². The van der Waals surface area contributed by atoms with Crippen molar-refractivity contribution < 1.29 is 9.94 Å². The Morgan fingerprint density at radius 1 is 1.62 bits per heavy atom. The molecule has 1 aromatic rings. The van der Waals surface area contributed by atoms with Crippen LogP contribution >= 0.6 is 15.9 Å². The van der Waals surface area contributed by atoms with E-state index in [9.17, 15) is 5.11 Å². The molecule has 1 rings (SSSR count). The van der Waals surface area contributed by atoms with Gasteiger partial charge in [-0.3, -0.25) is 0 Å². The van der Waals surface area contributed by atoms with E-state index in [0.717, 1.165) is 5.56 Å². The number of nitrogens with two attached hydrogens (primary N) is 1. The molecule has 1 aromatic carbocycles. The van der Waals surface area contributed by atoms with Crippen molar-refractivity contribution in [1.82, 2.24) is 0 Å². The van der Waals surface area contributed by atoms with Crippen LogP contribution in [0, 0.1) is 0 Å². The summed E-state index contributed by atoms with van der Waals surface area (Å²) in [7, 11) is 0. The Hall–Kier alpha value is -0.580. The number of hydrogen-bond donors (Lipinski definition) is 2. The van der Waals surface area contributed by atoms with Crippen LogP contribution in [0.25, 0.3) is 0 Å². The number of phenolic OH excluding ortho intramolecular Hbond substituents is 1. The van der Waals surface area contributed by atoms with Crippen molar-refractivity contribution in [2.24, 2.45) is 5.90 Å². The largest absolute Gasteiger partial charge is 0.507 e. The van der Waals surface area contributed by atoms with Gasteiger partial charge in [-0.1, -0.05) is 13.0 Å². The molecule has 13 heavy (non-hydrogen) atoms. The molecule has 0 radical (unpaired) electrons. The van der Waals surface area contributed by atoms with E-state index in [-0.39, 0.29) is 11.7 Å². The summed E-state index contributed by atoms with van der Waals surface area (Å²) >= 11 is 3.24. The topological polar surface area (TPSA) is 55.5 Å². The van der Waals surface area contributed by atoms with E-state index >= 15 is 0 Å². The van der Waals surface area contributed by atoms with Gasteiger partial charge in [0.25, 0.3) is 0 Å². The lowest BCUT2D eigenvalue weighted by Crippen LogP contribution is -2.08. The molecular weight excluding hydrogens is 234 g/mol. The summed E-state index contributed by atoms with van der Waals surface area (Å²) in [6, 6.07) is 5.36. The van der Waals surface area contributed by atoms with Gasteiger partial charge < -0.3 is 9.94 Å². The average molecular weight is 246 g/mol. The third-order valence-electron chi connectivity index (χ3n) is 1.89. The monoisotopic (exact) mass is 245 g/mol. The number of phenols is 1. The Morgan fingerprint density at radius 2 is 2.31 bits per heavy atom. The van der Waals surface area contributed by atoms with Crippen LogP contribution in [-0.4, -0.2) is 11.7 Å². The summed E-state index contributed by atoms with van der Waals surface area (Å²) in [5.74, 6) is 5.44. The standard InChI is InChI=1S/C9H12BrNO2/c1-6(5-13-11)7-2-3-9(12)8(10)4-7/h2-4,6,12H,5,11H2,1H3. The van der Waals surface area contributed by atoms with Crippen LogP contribution in [0.2, 0.25) is 0 Å². The molecule has 0 aliphatic rings. The van der Waals surface area contributed by atoms with Gasteiger partial charge >= 0.3 is 0 Å². The van der Waals surface area contributed by atoms with Gasteiger partial charge in [0.2, 0.25) is 0 Å². The average Bonchev–Trinajstić information content (AvgIpc) is 2.10.